The summed E-state index contributed by atoms with van der Waals surface area (Å²) in [5, 5.41) is 10.7. The van der Waals surface area contributed by atoms with Crippen LogP contribution in [-0.2, 0) is 65.4 Å². The summed E-state index contributed by atoms with van der Waals surface area (Å²) >= 11 is 0. The number of rotatable bonds is 84. The molecule has 0 fully saturated rings. The first kappa shape index (κ1) is 104. The standard InChI is InChI=1S/C87H170O17P2/c1-9-80(8)66-58-50-42-34-28-30-38-46-54-62-70-87(92)104-83(74-98-85(90)68-60-52-44-36-29-27-33-41-49-57-65-79(6)7)76-102-106(95,96)100-72-81(88)71-99-105(93,94)101-75-82(73-97-84(89)67-59-51-43-35-25-21-18-14-16-20-24-32-40-48-56-64-78(4)5)103-86(91)69-61-53-45-37-26-22-17-13-11-10-12-15-19-23-31-39-47-55-63-77(2)3/h77-83,88H,9-76H2,1-8H3,(H,93,94)(H,95,96)/t80?,81-,82-,83-/m1/s1. The summed E-state index contributed by atoms with van der Waals surface area (Å²) in [5.41, 5.74) is 0. The highest BCUT2D eigenvalue weighted by Gasteiger charge is 2.31. The Labute approximate surface area is 651 Å². The lowest BCUT2D eigenvalue weighted by Gasteiger charge is -2.21. The third kappa shape index (κ3) is 78.7. The molecule has 6 atom stereocenters. The molecule has 0 rings (SSSR count). The number of phosphoric acid groups is 2. The monoisotopic (exact) mass is 1550 g/mol. The molecule has 0 saturated carbocycles. The number of aliphatic hydroxyl groups excluding tert-OH is 1. The molecule has 19 heteroatoms. The maximum Gasteiger partial charge on any atom is 0.472 e. The zero-order chi connectivity index (χ0) is 78.1. The van der Waals surface area contributed by atoms with E-state index in [9.17, 15) is 43.2 Å². The maximum absolute atomic E-state index is 13.2. The van der Waals surface area contributed by atoms with Crippen molar-refractivity contribution in [2.45, 2.75) is 472 Å². The van der Waals surface area contributed by atoms with Crippen LogP contribution in [0.4, 0.5) is 0 Å². The number of carbonyl (C=O) groups is 4. The molecule has 17 nitrogen and oxygen atoms in total. The van der Waals surface area contributed by atoms with Crippen LogP contribution < -0.4 is 0 Å². The predicted molar refractivity (Wildman–Crippen MR) is 437 cm³/mol. The van der Waals surface area contributed by atoms with E-state index in [1.165, 1.54) is 257 Å². The van der Waals surface area contributed by atoms with Crippen molar-refractivity contribution in [3.05, 3.63) is 0 Å². The zero-order valence-corrected chi connectivity index (χ0v) is 71.9. The number of hydrogen-bond donors (Lipinski definition) is 3. The van der Waals surface area contributed by atoms with E-state index in [1.54, 1.807) is 0 Å². The molecule has 0 aromatic heterocycles. The van der Waals surface area contributed by atoms with Gasteiger partial charge in [0.25, 0.3) is 0 Å². The average Bonchev–Trinajstić information content (AvgIpc) is 0.901. The van der Waals surface area contributed by atoms with Crippen LogP contribution in [0.5, 0.6) is 0 Å². The van der Waals surface area contributed by atoms with Gasteiger partial charge in [0.15, 0.2) is 12.2 Å². The van der Waals surface area contributed by atoms with Crippen molar-refractivity contribution in [1.29, 1.82) is 0 Å². The van der Waals surface area contributed by atoms with Crippen LogP contribution in [0, 0.1) is 23.7 Å². The topological polar surface area (TPSA) is 237 Å². The molecule has 0 aliphatic heterocycles. The minimum Gasteiger partial charge on any atom is -0.462 e. The van der Waals surface area contributed by atoms with Crippen molar-refractivity contribution < 1.29 is 80.2 Å². The number of unbranched alkanes of at least 4 members (excludes halogenated alkanes) is 49. The Morgan fingerprint density at radius 1 is 0.264 bits per heavy atom. The molecule has 0 amide bonds. The highest BCUT2D eigenvalue weighted by atomic mass is 31.2. The van der Waals surface area contributed by atoms with Crippen molar-refractivity contribution in [3.63, 3.8) is 0 Å². The molecular weight excluding hydrogens is 1380 g/mol. The molecule has 106 heavy (non-hydrogen) atoms. The summed E-state index contributed by atoms with van der Waals surface area (Å²) in [6.45, 7) is 14.4. The SMILES string of the molecule is CCC(C)CCCCCCCCCCCCC(=O)O[C@H](COC(=O)CCCCCCCCCCCCC(C)C)COP(=O)(O)OC[C@H](O)COP(=O)(O)OC[C@@H](COC(=O)CCCCCCCCCCCCCCCCCC(C)C)OC(=O)CCCCCCCCCCCCCCCCCCCCC(C)C. The second-order valence-corrected chi connectivity index (χ2v) is 35.9. The third-order valence-corrected chi connectivity index (χ3v) is 22.6. The van der Waals surface area contributed by atoms with Crippen molar-refractivity contribution in [2.24, 2.45) is 23.7 Å². The zero-order valence-electron chi connectivity index (χ0n) is 70.1. The molecule has 0 aliphatic rings. The van der Waals surface area contributed by atoms with Gasteiger partial charge >= 0.3 is 39.5 Å². The van der Waals surface area contributed by atoms with Crippen LogP contribution in [-0.4, -0.2) is 96.7 Å². The number of hydrogen-bond acceptors (Lipinski definition) is 15. The Balaban J connectivity index is 5.26. The summed E-state index contributed by atoms with van der Waals surface area (Å²) in [5.74, 6) is 1.08. The number of esters is 4. The minimum absolute atomic E-state index is 0.106. The highest BCUT2D eigenvalue weighted by molar-refractivity contribution is 7.47. The molecule has 0 radical (unpaired) electrons. The quantitative estimate of drug-likeness (QED) is 0.0222. The molecule has 3 unspecified atom stereocenters. The van der Waals surface area contributed by atoms with Gasteiger partial charge in [0, 0.05) is 25.7 Å². The summed E-state index contributed by atoms with van der Waals surface area (Å²) < 4.78 is 69.0. The fourth-order valence-corrected chi connectivity index (χ4v) is 15.0. The number of phosphoric ester groups is 2. The Hall–Kier alpha value is -1.94. The largest absolute Gasteiger partial charge is 0.472 e. The lowest BCUT2D eigenvalue weighted by Crippen LogP contribution is -2.30. The fraction of sp³-hybridized carbons (Fsp3) is 0.954. The van der Waals surface area contributed by atoms with E-state index in [-0.39, 0.29) is 25.7 Å². The predicted octanol–water partition coefficient (Wildman–Crippen LogP) is 26.3. The van der Waals surface area contributed by atoms with Crippen LogP contribution in [0.15, 0.2) is 0 Å². The summed E-state index contributed by atoms with van der Waals surface area (Å²) in [6.07, 6.45) is 65.2. The van der Waals surface area contributed by atoms with Gasteiger partial charge in [-0.15, -0.1) is 0 Å². The van der Waals surface area contributed by atoms with E-state index in [0.717, 1.165) is 114 Å². The van der Waals surface area contributed by atoms with Gasteiger partial charge in [0.2, 0.25) is 0 Å². The molecule has 630 valence electrons. The normalized spacial score (nSPS) is 14.2. The van der Waals surface area contributed by atoms with Gasteiger partial charge in [-0.25, -0.2) is 9.13 Å². The first-order valence-corrected chi connectivity index (χ1v) is 47.7. The van der Waals surface area contributed by atoms with Crippen LogP contribution >= 0.6 is 15.6 Å². The van der Waals surface area contributed by atoms with E-state index >= 15 is 0 Å². The fourth-order valence-electron chi connectivity index (χ4n) is 13.5. The lowest BCUT2D eigenvalue weighted by atomic mass is 9.99. The van der Waals surface area contributed by atoms with E-state index < -0.39 is 97.5 Å². The Bertz CT molecular complexity index is 2060. The second kappa shape index (κ2) is 75.7. The van der Waals surface area contributed by atoms with Gasteiger partial charge in [-0.1, -0.05) is 402 Å². The molecule has 0 heterocycles. The van der Waals surface area contributed by atoms with E-state index in [0.29, 0.717) is 25.7 Å². The first-order valence-electron chi connectivity index (χ1n) is 44.7. The highest BCUT2D eigenvalue weighted by Crippen LogP contribution is 2.45. The van der Waals surface area contributed by atoms with Crippen molar-refractivity contribution >= 4 is 39.5 Å². The second-order valence-electron chi connectivity index (χ2n) is 33.0. The molecule has 0 aliphatic carbocycles. The molecule has 3 N–H and O–H groups in total. The van der Waals surface area contributed by atoms with Gasteiger partial charge in [0.05, 0.1) is 26.4 Å². The first-order chi connectivity index (χ1) is 51.1. The van der Waals surface area contributed by atoms with E-state index in [1.807, 2.05) is 0 Å². The average molecular weight is 1550 g/mol. The van der Waals surface area contributed by atoms with Crippen LogP contribution in [0.3, 0.4) is 0 Å². The minimum atomic E-state index is -4.97. The number of ether oxygens (including phenoxy) is 4. The van der Waals surface area contributed by atoms with Crippen LogP contribution in [0.1, 0.15) is 453 Å². The van der Waals surface area contributed by atoms with Crippen LogP contribution in [0.2, 0.25) is 0 Å². The molecular formula is C87H170O17P2. The lowest BCUT2D eigenvalue weighted by molar-refractivity contribution is -0.161. The van der Waals surface area contributed by atoms with Crippen LogP contribution in [0.25, 0.3) is 0 Å². The van der Waals surface area contributed by atoms with Gasteiger partial charge in [-0.05, 0) is 49.4 Å². The Morgan fingerprint density at radius 2 is 0.453 bits per heavy atom. The molecule has 0 aromatic carbocycles. The molecule has 0 saturated heterocycles. The summed E-state index contributed by atoms with van der Waals surface area (Å²) in [6, 6.07) is 0. The number of carbonyl (C=O) groups excluding carboxylic acids is 4. The van der Waals surface area contributed by atoms with Crippen molar-refractivity contribution in [1.82, 2.24) is 0 Å². The Morgan fingerprint density at radius 3 is 0.670 bits per heavy atom. The molecule has 0 aromatic rings. The van der Waals surface area contributed by atoms with Crippen molar-refractivity contribution in [2.75, 3.05) is 39.6 Å². The van der Waals surface area contributed by atoms with E-state index in [4.69, 9.17) is 37.0 Å². The molecule has 0 bridgehead atoms. The molecule has 0 spiro atoms. The van der Waals surface area contributed by atoms with Gasteiger partial charge in [-0.3, -0.25) is 37.3 Å². The summed E-state index contributed by atoms with van der Waals surface area (Å²) in [7, 11) is -9.93. The Kier molecular flexibility index (Phi) is 74.3. The summed E-state index contributed by atoms with van der Waals surface area (Å²) in [4.78, 5) is 73.3. The number of aliphatic hydroxyl groups is 1. The smallest absolute Gasteiger partial charge is 0.462 e. The third-order valence-electron chi connectivity index (χ3n) is 20.7. The van der Waals surface area contributed by atoms with Gasteiger partial charge < -0.3 is 33.8 Å². The van der Waals surface area contributed by atoms with E-state index in [2.05, 4.69) is 55.4 Å². The van der Waals surface area contributed by atoms with Crippen molar-refractivity contribution in [3.8, 4) is 0 Å². The maximum atomic E-state index is 13.2. The van der Waals surface area contributed by atoms with Gasteiger partial charge in [0.1, 0.15) is 19.3 Å². The van der Waals surface area contributed by atoms with Gasteiger partial charge in [-0.2, -0.15) is 0 Å².